The van der Waals surface area contributed by atoms with Gasteiger partial charge in [0.1, 0.15) is 8.28 Å². The number of rotatable bonds is 14. The molecule has 0 aliphatic rings. The second kappa shape index (κ2) is 14.6. The van der Waals surface area contributed by atoms with Crippen molar-refractivity contribution >= 4 is 45.2 Å². The van der Waals surface area contributed by atoms with Gasteiger partial charge in [-0.3, -0.25) is 4.79 Å². The van der Waals surface area contributed by atoms with Crippen molar-refractivity contribution < 1.29 is 9.90 Å². The largest absolute Gasteiger partial charge is 0.480 e. The van der Waals surface area contributed by atoms with Crippen molar-refractivity contribution in [2.75, 3.05) is 5.75 Å². The summed E-state index contributed by atoms with van der Waals surface area (Å²) in [7, 11) is 0. The Labute approximate surface area is 157 Å². The van der Waals surface area contributed by atoms with Gasteiger partial charge in [0.05, 0.1) is 0 Å². The first-order valence-electron chi connectivity index (χ1n) is 9.05. The number of aliphatic carboxylic acids is 1. The predicted molar refractivity (Wildman–Crippen MR) is 111 cm³/mol. The van der Waals surface area contributed by atoms with E-state index in [0.29, 0.717) is 6.42 Å². The number of hydrogen-bond donors (Lipinski definition) is 1. The smallest absolute Gasteiger partial charge is 0.319 e. The van der Waals surface area contributed by atoms with Gasteiger partial charge in [0, 0.05) is 0 Å². The number of thioether (sulfide) groups is 2. The summed E-state index contributed by atoms with van der Waals surface area (Å²) in [6, 6.07) is 0. The Morgan fingerprint density at radius 3 is 1.87 bits per heavy atom. The number of unbranched alkanes of at least 4 members (excludes halogenated alkanes) is 9. The highest BCUT2D eigenvalue weighted by Crippen LogP contribution is 2.34. The van der Waals surface area contributed by atoms with Crippen LogP contribution in [0.15, 0.2) is 0 Å². The van der Waals surface area contributed by atoms with Crippen LogP contribution in [0.4, 0.5) is 0 Å². The maximum atomic E-state index is 11.3. The van der Waals surface area contributed by atoms with Crippen molar-refractivity contribution in [3.8, 4) is 0 Å². The van der Waals surface area contributed by atoms with E-state index >= 15 is 0 Å². The minimum atomic E-state index is -0.776. The molecule has 0 aromatic heterocycles. The van der Waals surface area contributed by atoms with Crippen molar-refractivity contribution in [2.45, 2.75) is 96.1 Å². The maximum absolute atomic E-state index is 11.3. The summed E-state index contributed by atoms with van der Waals surface area (Å²) in [5.74, 6) is 0.244. The Bertz CT molecular complexity index is 334. The van der Waals surface area contributed by atoms with Gasteiger partial charge in [-0.05, 0) is 25.5 Å². The van der Waals surface area contributed by atoms with Gasteiger partial charge in [-0.1, -0.05) is 95.6 Å². The lowest BCUT2D eigenvalue weighted by Gasteiger charge is -2.22. The molecule has 0 saturated heterocycles. The van der Waals surface area contributed by atoms with Crippen LogP contribution in [0.3, 0.4) is 0 Å². The Hall–Kier alpha value is 0.260. The molecule has 0 aliphatic carbocycles. The molecule has 23 heavy (non-hydrogen) atoms. The average Bonchev–Trinajstić information content (AvgIpc) is 2.52. The second-order valence-corrected chi connectivity index (χ2v) is 10.1. The molecule has 0 aliphatic heterocycles. The van der Waals surface area contributed by atoms with E-state index < -0.39 is 10.7 Å². The third-order valence-electron chi connectivity index (χ3n) is 4.15. The minimum Gasteiger partial charge on any atom is -0.480 e. The van der Waals surface area contributed by atoms with Crippen molar-refractivity contribution in [1.29, 1.82) is 0 Å². The summed E-state index contributed by atoms with van der Waals surface area (Å²) in [5.41, 5.74) is 0. The zero-order valence-electron chi connectivity index (χ0n) is 15.1. The number of carboxylic acid groups (broad SMARTS) is 1. The van der Waals surface area contributed by atoms with Crippen LogP contribution in [0, 0.1) is 0 Å². The van der Waals surface area contributed by atoms with Gasteiger partial charge in [-0.2, -0.15) is 0 Å². The molecule has 0 rings (SSSR count). The summed E-state index contributed by atoms with van der Waals surface area (Å²) >= 11 is 8.30. The zero-order valence-corrected chi connectivity index (χ0v) is 17.5. The third-order valence-corrected chi connectivity index (χ3v) is 7.17. The van der Waals surface area contributed by atoms with Crippen molar-refractivity contribution in [2.24, 2.45) is 0 Å². The van der Waals surface area contributed by atoms with Gasteiger partial charge in [-0.25, -0.2) is 0 Å². The number of thiocarbonyl (C=S) groups is 1. The molecular weight excluding hydrogens is 344 g/mol. The van der Waals surface area contributed by atoms with E-state index in [1.807, 2.05) is 6.92 Å². The Morgan fingerprint density at radius 1 is 0.957 bits per heavy atom. The lowest BCUT2D eigenvalue weighted by atomic mass is 10.1. The van der Waals surface area contributed by atoms with E-state index in [-0.39, 0.29) is 0 Å². The van der Waals surface area contributed by atoms with Crippen LogP contribution in [-0.2, 0) is 4.79 Å². The molecule has 1 N–H and O–H groups in total. The zero-order chi connectivity index (χ0) is 17.6. The normalized spacial score (nSPS) is 13.7. The van der Waals surface area contributed by atoms with Gasteiger partial charge >= 0.3 is 5.97 Å². The van der Waals surface area contributed by atoms with E-state index in [0.717, 1.165) is 9.28 Å². The highest BCUT2D eigenvalue weighted by Gasteiger charge is 2.33. The van der Waals surface area contributed by atoms with Crippen molar-refractivity contribution in [3.05, 3.63) is 0 Å². The fourth-order valence-electron chi connectivity index (χ4n) is 2.23. The number of carbonyl (C=O) groups is 1. The van der Waals surface area contributed by atoms with Crippen LogP contribution in [-0.4, -0.2) is 25.1 Å². The minimum absolute atomic E-state index is 0.589. The lowest BCUT2D eigenvalue weighted by Crippen LogP contribution is -2.31. The van der Waals surface area contributed by atoms with Crippen molar-refractivity contribution in [1.82, 2.24) is 0 Å². The number of carboxylic acids is 1. The van der Waals surface area contributed by atoms with E-state index in [1.54, 1.807) is 18.7 Å². The molecule has 0 aromatic rings. The summed E-state index contributed by atoms with van der Waals surface area (Å²) in [6.07, 6.45) is 14.0. The SMILES string of the molecule is CCCCCCCCCCCCSC(=S)SC(C)(CC)C(=O)O. The van der Waals surface area contributed by atoms with Crippen LogP contribution in [0.25, 0.3) is 0 Å². The molecule has 1 atom stereocenters. The molecule has 0 spiro atoms. The molecule has 0 saturated carbocycles. The highest BCUT2D eigenvalue weighted by atomic mass is 32.2. The van der Waals surface area contributed by atoms with Crippen LogP contribution in [0.1, 0.15) is 91.4 Å². The van der Waals surface area contributed by atoms with Crippen LogP contribution < -0.4 is 0 Å². The van der Waals surface area contributed by atoms with Gasteiger partial charge in [0.2, 0.25) is 0 Å². The average molecular weight is 379 g/mol. The molecular formula is C18H34O2S3. The monoisotopic (exact) mass is 378 g/mol. The molecule has 0 amide bonds. The Morgan fingerprint density at radius 2 is 1.43 bits per heavy atom. The van der Waals surface area contributed by atoms with Gasteiger partial charge in [-0.15, -0.1) is 11.8 Å². The van der Waals surface area contributed by atoms with E-state index in [4.69, 9.17) is 12.2 Å². The molecule has 0 fully saturated rings. The van der Waals surface area contributed by atoms with Gasteiger partial charge < -0.3 is 5.11 Å². The lowest BCUT2D eigenvalue weighted by molar-refractivity contribution is -0.139. The first-order chi connectivity index (χ1) is 11.0. The molecule has 136 valence electrons. The van der Waals surface area contributed by atoms with Crippen LogP contribution in [0.2, 0.25) is 0 Å². The molecule has 0 bridgehead atoms. The molecule has 0 aromatic carbocycles. The van der Waals surface area contributed by atoms with Crippen LogP contribution >= 0.6 is 35.7 Å². The third kappa shape index (κ3) is 12.3. The molecule has 1 unspecified atom stereocenters. The summed E-state index contributed by atoms with van der Waals surface area (Å²) in [5, 5.41) is 9.25. The first kappa shape index (κ1) is 23.3. The predicted octanol–water partition coefficient (Wildman–Crippen LogP) is 6.91. The fraction of sp³-hybridized carbons (Fsp3) is 0.889. The quantitative estimate of drug-likeness (QED) is 0.262. The molecule has 0 heterocycles. The molecule has 0 radical (unpaired) electrons. The molecule has 2 nitrogen and oxygen atoms in total. The van der Waals surface area contributed by atoms with Gasteiger partial charge in [0.25, 0.3) is 0 Å². The highest BCUT2D eigenvalue weighted by molar-refractivity contribution is 8.47. The summed E-state index contributed by atoms with van der Waals surface area (Å²) < 4.78 is -0.00494. The Kier molecular flexibility index (Phi) is 14.8. The fourth-order valence-corrected chi connectivity index (χ4v) is 5.18. The summed E-state index contributed by atoms with van der Waals surface area (Å²) in [6.45, 7) is 5.91. The summed E-state index contributed by atoms with van der Waals surface area (Å²) in [4.78, 5) is 11.3. The topological polar surface area (TPSA) is 37.3 Å². The standard InChI is InChI=1S/C18H34O2S3/c1-4-6-7-8-9-10-11-12-13-14-15-22-17(21)23-18(3,5-2)16(19)20/h4-15H2,1-3H3,(H,19,20). The second-order valence-electron chi connectivity index (χ2n) is 6.27. The van der Waals surface area contributed by atoms with Crippen molar-refractivity contribution in [3.63, 3.8) is 0 Å². The maximum Gasteiger partial charge on any atom is 0.319 e. The van der Waals surface area contributed by atoms with E-state index in [1.165, 1.54) is 76.0 Å². The van der Waals surface area contributed by atoms with E-state index in [9.17, 15) is 9.90 Å². The van der Waals surface area contributed by atoms with E-state index in [2.05, 4.69) is 6.92 Å². The Balaban J connectivity index is 3.51. The number of hydrogen-bond acceptors (Lipinski definition) is 4. The van der Waals surface area contributed by atoms with Gasteiger partial charge in [0.15, 0.2) is 0 Å². The first-order valence-corrected chi connectivity index (χ1v) is 11.3. The van der Waals surface area contributed by atoms with Crippen LogP contribution in [0.5, 0.6) is 0 Å². The molecule has 5 heteroatoms.